The lowest BCUT2D eigenvalue weighted by Gasteiger charge is -2.61. The minimum atomic E-state index is -1.49. The number of rotatable bonds is 7. The highest BCUT2D eigenvalue weighted by molar-refractivity contribution is 6.01. The van der Waals surface area contributed by atoms with E-state index in [2.05, 4.69) is 27.4 Å². The minimum Gasteiger partial charge on any atom is -0.481 e. The van der Waals surface area contributed by atoms with Crippen LogP contribution in [0, 0.1) is 39.9 Å². The lowest BCUT2D eigenvalue weighted by atomic mass is 9.44. The van der Waals surface area contributed by atoms with E-state index in [9.17, 15) is 29.7 Å². The van der Waals surface area contributed by atoms with Gasteiger partial charge in [0.25, 0.3) is 0 Å². The van der Waals surface area contributed by atoms with Crippen molar-refractivity contribution in [3.05, 3.63) is 23.3 Å². The molecule has 0 bridgehead atoms. The van der Waals surface area contributed by atoms with Crippen LogP contribution in [0.4, 0.5) is 0 Å². The highest BCUT2D eigenvalue weighted by atomic mass is 16.5. The first-order valence-corrected chi connectivity index (χ1v) is 14.7. The van der Waals surface area contributed by atoms with Gasteiger partial charge in [-0.2, -0.15) is 0 Å². The van der Waals surface area contributed by atoms with E-state index in [4.69, 9.17) is 4.74 Å². The molecule has 0 aliphatic heterocycles. The maximum Gasteiger partial charge on any atom is 0.312 e. The zero-order valence-electron chi connectivity index (χ0n) is 24.8. The lowest BCUT2D eigenvalue weighted by molar-refractivity contribution is -0.186. The van der Waals surface area contributed by atoms with Gasteiger partial charge in [-0.25, -0.2) is 0 Å². The highest BCUT2D eigenvalue weighted by Crippen LogP contribution is 2.69. The van der Waals surface area contributed by atoms with Gasteiger partial charge < -0.3 is 20.1 Å². The second-order valence-corrected chi connectivity index (χ2v) is 14.0. The van der Waals surface area contributed by atoms with Gasteiger partial charge in [-0.3, -0.25) is 14.4 Å². The number of carbonyl (C=O) groups excluding carboxylic acids is 2. The van der Waals surface area contributed by atoms with Gasteiger partial charge in [0.1, 0.15) is 11.7 Å². The lowest BCUT2D eigenvalue weighted by Crippen LogP contribution is -2.65. The Morgan fingerprint density at radius 2 is 1.74 bits per heavy atom. The molecule has 0 spiro atoms. The van der Waals surface area contributed by atoms with Crippen molar-refractivity contribution in [3.63, 3.8) is 0 Å². The molecule has 4 aliphatic carbocycles. The third-order valence-corrected chi connectivity index (χ3v) is 11.9. The number of aliphatic hydroxyl groups excluding tert-OH is 1. The van der Waals surface area contributed by atoms with Crippen LogP contribution < -0.4 is 0 Å². The first kappa shape index (κ1) is 30.0. The van der Waals surface area contributed by atoms with E-state index in [0.29, 0.717) is 37.2 Å². The summed E-state index contributed by atoms with van der Waals surface area (Å²) in [5, 5.41) is 33.7. The van der Waals surface area contributed by atoms with Gasteiger partial charge in [-0.15, -0.1) is 0 Å². The van der Waals surface area contributed by atoms with Crippen molar-refractivity contribution in [2.75, 3.05) is 0 Å². The maximum absolute atomic E-state index is 14.0. The SMILES string of the molecule is C=C(CCC(C)C1CCC2(O)C3=C(CC(OC(C)=O)C12C)C1(C)CCC(O)C(C)(C(=O)O)C1CC3=O)C(C)C. The fourth-order valence-electron chi connectivity index (χ4n) is 9.13. The van der Waals surface area contributed by atoms with Crippen molar-refractivity contribution in [3.8, 4) is 0 Å². The summed E-state index contributed by atoms with van der Waals surface area (Å²) in [6.45, 7) is 17.6. The van der Waals surface area contributed by atoms with Crippen molar-refractivity contribution in [1.29, 1.82) is 0 Å². The number of Topliss-reactive ketones (excluding diaryl/α,β-unsaturated/α-hetero) is 1. The van der Waals surface area contributed by atoms with Crippen molar-refractivity contribution < 1.29 is 34.4 Å². The normalized spacial score (nSPS) is 42.5. The van der Waals surface area contributed by atoms with Crippen LogP contribution >= 0.6 is 0 Å². The Kier molecular flexibility index (Phi) is 7.56. The van der Waals surface area contributed by atoms with Gasteiger partial charge in [-0.05, 0) is 74.5 Å². The average molecular weight is 545 g/mol. The summed E-state index contributed by atoms with van der Waals surface area (Å²) in [6.07, 6.45) is 2.22. The van der Waals surface area contributed by atoms with E-state index < -0.39 is 51.9 Å². The Hall–Kier alpha value is -1.99. The third kappa shape index (κ3) is 4.16. The van der Waals surface area contributed by atoms with Gasteiger partial charge in [0.15, 0.2) is 5.78 Å². The number of aliphatic carboxylic acids is 1. The number of ketones is 1. The third-order valence-electron chi connectivity index (χ3n) is 11.9. The van der Waals surface area contributed by atoms with Gasteiger partial charge in [0.05, 0.1) is 11.5 Å². The Morgan fingerprint density at radius 3 is 2.31 bits per heavy atom. The molecule has 4 aliphatic rings. The van der Waals surface area contributed by atoms with E-state index in [1.807, 2.05) is 13.8 Å². The number of aliphatic hydroxyl groups is 2. The molecule has 0 heterocycles. The molecule has 4 rings (SSSR count). The molecule has 3 N–H and O–H groups in total. The molecule has 7 nitrogen and oxygen atoms in total. The molecule has 2 fully saturated rings. The zero-order chi connectivity index (χ0) is 29.3. The van der Waals surface area contributed by atoms with Crippen LogP contribution in [0.3, 0.4) is 0 Å². The smallest absolute Gasteiger partial charge is 0.312 e. The fraction of sp³-hybridized carbons (Fsp3) is 0.781. The first-order valence-electron chi connectivity index (χ1n) is 14.7. The summed E-state index contributed by atoms with van der Waals surface area (Å²) in [7, 11) is 0. The molecule has 0 aromatic rings. The number of ether oxygens (including phenoxy) is 1. The maximum atomic E-state index is 14.0. The average Bonchev–Trinajstić information content (AvgIpc) is 3.13. The quantitative estimate of drug-likeness (QED) is 0.296. The second kappa shape index (κ2) is 9.83. The summed E-state index contributed by atoms with van der Waals surface area (Å²) in [5.74, 6) is -1.77. The van der Waals surface area contributed by atoms with Gasteiger partial charge in [0.2, 0.25) is 0 Å². The summed E-state index contributed by atoms with van der Waals surface area (Å²) in [4.78, 5) is 39.0. The molecule has 0 aromatic heterocycles. The standard InChI is InChI=1S/C32H48O7/c1-17(2)18(3)9-10-19(4)21-11-14-32(38)27-22(15-26(31(21,32)8)39-20(5)33)29(6)13-12-25(35)30(7,28(36)37)24(29)16-23(27)34/h17,19,21,24-26,35,38H,3,9-16H2,1-2,4-8H3,(H,36,37). The molecule has 0 radical (unpaired) electrons. The number of carboxylic acid groups (broad SMARTS) is 1. The van der Waals surface area contributed by atoms with Crippen LogP contribution in [0.15, 0.2) is 23.3 Å². The number of hydrogen-bond donors (Lipinski definition) is 3. The second-order valence-electron chi connectivity index (χ2n) is 14.0. The van der Waals surface area contributed by atoms with E-state index in [1.54, 1.807) is 6.92 Å². The van der Waals surface area contributed by atoms with Gasteiger partial charge >= 0.3 is 11.9 Å². The molecular formula is C32H48O7. The van der Waals surface area contributed by atoms with Crippen LogP contribution in [0.1, 0.15) is 99.8 Å². The predicted molar refractivity (Wildman–Crippen MR) is 148 cm³/mol. The van der Waals surface area contributed by atoms with E-state index in [1.165, 1.54) is 12.5 Å². The summed E-state index contributed by atoms with van der Waals surface area (Å²) >= 11 is 0. The number of esters is 1. The topological polar surface area (TPSA) is 121 Å². The molecule has 0 amide bonds. The Morgan fingerprint density at radius 1 is 1.10 bits per heavy atom. The van der Waals surface area contributed by atoms with Crippen LogP contribution in [0.2, 0.25) is 0 Å². The zero-order valence-corrected chi connectivity index (χ0v) is 24.8. The largest absolute Gasteiger partial charge is 0.481 e. The summed E-state index contributed by atoms with van der Waals surface area (Å²) in [5.41, 5.74) is -2.20. The summed E-state index contributed by atoms with van der Waals surface area (Å²) < 4.78 is 6.02. The van der Waals surface area contributed by atoms with Crippen LogP contribution in [-0.4, -0.2) is 50.9 Å². The molecule has 7 heteroatoms. The Bertz CT molecular complexity index is 1110. The Balaban J connectivity index is 1.83. The van der Waals surface area contributed by atoms with Gasteiger partial charge in [-0.1, -0.05) is 52.3 Å². The molecule has 0 aromatic carbocycles. The van der Waals surface area contributed by atoms with Crippen LogP contribution in [0.25, 0.3) is 0 Å². The van der Waals surface area contributed by atoms with Crippen molar-refractivity contribution in [2.45, 2.75) is 118 Å². The molecule has 9 atom stereocenters. The molecule has 2 saturated carbocycles. The number of fused-ring (bicyclic) bond motifs is 4. The van der Waals surface area contributed by atoms with Crippen LogP contribution in [0.5, 0.6) is 0 Å². The van der Waals surface area contributed by atoms with E-state index in [0.717, 1.165) is 18.4 Å². The summed E-state index contributed by atoms with van der Waals surface area (Å²) in [6, 6.07) is 0. The molecule has 39 heavy (non-hydrogen) atoms. The van der Waals surface area contributed by atoms with Crippen LogP contribution in [-0.2, 0) is 19.1 Å². The number of allylic oxidation sites excluding steroid dienone is 1. The van der Waals surface area contributed by atoms with Crippen molar-refractivity contribution in [1.82, 2.24) is 0 Å². The number of hydrogen-bond acceptors (Lipinski definition) is 6. The molecule has 218 valence electrons. The molecule has 0 saturated heterocycles. The monoisotopic (exact) mass is 544 g/mol. The van der Waals surface area contributed by atoms with Crippen molar-refractivity contribution in [2.24, 2.45) is 39.9 Å². The first-order chi connectivity index (χ1) is 18.0. The van der Waals surface area contributed by atoms with E-state index >= 15 is 0 Å². The molecular weight excluding hydrogens is 496 g/mol. The number of carboxylic acids is 1. The predicted octanol–water partition coefficient (Wildman–Crippen LogP) is 5.24. The van der Waals surface area contributed by atoms with Crippen molar-refractivity contribution >= 4 is 17.7 Å². The van der Waals surface area contributed by atoms with E-state index in [-0.39, 0.29) is 30.5 Å². The minimum absolute atomic E-state index is 0.0247. The highest BCUT2D eigenvalue weighted by Gasteiger charge is 2.71. The Labute approximate surface area is 233 Å². The number of carbonyl (C=O) groups is 3. The van der Waals surface area contributed by atoms with Gasteiger partial charge in [0, 0.05) is 30.8 Å². The fourth-order valence-corrected chi connectivity index (χ4v) is 9.13. The molecule has 9 unspecified atom stereocenters.